The molecule has 0 fully saturated rings. The fourth-order valence-corrected chi connectivity index (χ4v) is 2.73. The lowest BCUT2D eigenvalue weighted by Gasteiger charge is -2.13. The van der Waals surface area contributed by atoms with Crippen LogP contribution in [0.1, 0.15) is 22.8 Å². The van der Waals surface area contributed by atoms with Crippen LogP contribution in [0.3, 0.4) is 0 Å². The van der Waals surface area contributed by atoms with Crippen LogP contribution >= 0.6 is 0 Å². The Morgan fingerprint density at radius 2 is 1.65 bits per heavy atom. The molecule has 1 unspecified atom stereocenters. The van der Waals surface area contributed by atoms with Crippen molar-refractivity contribution in [2.45, 2.75) is 12.3 Å². The maximum absolute atomic E-state index is 14.0. The van der Waals surface area contributed by atoms with Crippen LogP contribution in [-0.4, -0.2) is 12.8 Å². The Balaban J connectivity index is 2.07. The Bertz CT molecular complexity index is 884. The molecule has 3 rings (SSSR count). The molecule has 1 aliphatic rings. The summed E-state index contributed by atoms with van der Waals surface area (Å²) in [5.41, 5.74) is -1.81. The first kappa shape index (κ1) is 17.9. The fraction of sp³-hybridized carbons (Fsp3) is 0.167. The zero-order valence-electron chi connectivity index (χ0n) is 13.3. The number of halogens is 5. The van der Waals surface area contributed by atoms with Gasteiger partial charge in [-0.05, 0) is 29.8 Å². The monoisotopic (exact) mass is 369 g/mol. The van der Waals surface area contributed by atoms with Crippen molar-refractivity contribution in [1.29, 1.82) is 0 Å². The molecule has 0 spiro atoms. The van der Waals surface area contributed by atoms with E-state index in [2.05, 4.69) is 5.32 Å². The number of rotatable bonds is 3. The fourth-order valence-electron chi connectivity index (χ4n) is 2.73. The number of hydrogen-bond donors (Lipinski definition) is 1. The zero-order chi connectivity index (χ0) is 19.1. The van der Waals surface area contributed by atoms with Crippen molar-refractivity contribution in [1.82, 2.24) is 5.32 Å². The summed E-state index contributed by atoms with van der Waals surface area (Å²) < 4.78 is 72.1. The lowest BCUT2D eigenvalue weighted by molar-refractivity contribution is -0.137. The van der Waals surface area contributed by atoms with Gasteiger partial charge in [-0.3, -0.25) is 4.79 Å². The normalized spacial score (nSPS) is 17.5. The molecule has 0 aromatic heterocycles. The summed E-state index contributed by atoms with van der Waals surface area (Å²) in [6.45, 7) is 0. The van der Waals surface area contributed by atoms with Crippen molar-refractivity contribution in [2.75, 3.05) is 7.05 Å². The SMILES string of the molecule is CNC1=C(c2cccc(C(F)(F)F)c2)C(=O)C(c2c(F)cccc2F)O1. The van der Waals surface area contributed by atoms with Crippen LogP contribution in [-0.2, 0) is 15.7 Å². The van der Waals surface area contributed by atoms with Crippen LogP contribution in [0.25, 0.3) is 5.57 Å². The van der Waals surface area contributed by atoms with Crippen molar-refractivity contribution in [3.63, 3.8) is 0 Å². The Kier molecular flexibility index (Phi) is 4.43. The molecule has 2 aromatic carbocycles. The summed E-state index contributed by atoms with van der Waals surface area (Å²) in [6.07, 6.45) is -6.22. The minimum Gasteiger partial charge on any atom is -0.462 e. The number of ether oxygens (including phenoxy) is 1. The van der Waals surface area contributed by atoms with Gasteiger partial charge in [0.05, 0.1) is 16.7 Å². The molecule has 3 nitrogen and oxygen atoms in total. The Labute approximate surface area is 145 Å². The molecule has 2 aromatic rings. The van der Waals surface area contributed by atoms with E-state index in [0.29, 0.717) is 0 Å². The quantitative estimate of drug-likeness (QED) is 0.824. The van der Waals surface area contributed by atoms with Gasteiger partial charge in [0.25, 0.3) is 0 Å². The third-order valence-corrected chi connectivity index (χ3v) is 3.91. The third-order valence-electron chi connectivity index (χ3n) is 3.91. The average Bonchev–Trinajstić information content (AvgIpc) is 2.91. The smallest absolute Gasteiger partial charge is 0.416 e. The molecular weight excluding hydrogens is 357 g/mol. The number of hydrogen-bond acceptors (Lipinski definition) is 3. The minimum atomic E-state index is -4.60. The lowest BCUT2D eigenvalue weighted by atomic mass is 9.95. The number of benzene rings is 2. The van der Waals surface area contributed by atoms with Gasteiger partial charge in [0.1, 0.15) is 11.6 Å². The Hall–Kier alpha value is -2.90. The molecule has 26 heavy (non-hydrogen) atoms. The number of carbonyl (C=O) groups excluding carboxylic acids is 1. The van der Waals surface area contributed by atoms with Crippen molar-refractivity contribution in [3.8, 4) is 0 Å². The predicted octanol–water partition coefficient (Wildman–Crippen LogP) is 4.21. The zero-order valence-corrected chi connectivity index (χ0v) is 13.3. The molecule has 1 atom stereocenters. The van der Waals surface area contributed by atoms with Crippen molar-refractivity contribution in [3.05, 3.63) is 76.7 Å². The summed E-state index contributed by atoms with van der Waals surface area (Å²) >= 11 is 0. The first-order valence-corrected chi connectivity index (χ1v) is 7.48. The van der Waals surface area contributed by atoms with E-state index in [-0.39, 0.29) is 17.0 Å². The van der Waals surface area contributed by atoms with Crippen LogP contribution in [0, 0.1) is 11.6 Å². The van der Waals surface area contributed by atoms with Crippen molar-refractivity contribution in [2.24, 2.45) is 0 Å². The highest BCUT2D eigenvalue weighted by Gasteiger charge is 2.40. The van der Waals surface area contributed by atoms with Gasteiger partial charge < -0.3 is 10.1 Å². The van der Waals surface area contributed by atoms with Crippen LogP contribution in [0.2, 0.25) is 0 Å². The van der Waals surface area contributed by atoms with E-state index in [0.717, 1.165) is 36.4 Å². The molecule has 0 saturated heterocycles. The number of nitrogens with one attached hydrogen (secondary N) is 1. The van der Waals surface area contributed by atoms with Gasteiger partial charge in [0, 0.05) is 7.05 Å². The van der Waals surface area contributed by atoms with Crippen LogP contribution in [0.5, 0.6) is 0 Å². The van der Waals surface area contributed by atoms with Gasteiger partial charge >= 0.3 is 6.18 Å². The largest absolute Gasteiger partial charge is 0.462 e. The second-order valence-corrected chi connectivity index (χ2v) is 5.53. The Morgan fingerprint density at radius 3 is 2.23 bits per heavy atom. The molecule has 1 heterocycles. The van der Waals surface area contributed by atoms with E-state index >= 15 is 0 Å². The lowest BCUT2D eigenvalue weighted by Crippen LogP contribution is -2.14. The molecule has 0 amide bonds. The first-order chi connectivity index (χ1) is 12.2. The Morgan fingerprint density at radius 1 is 1.04 bits per heavy atom. The number of Topliss-reactive ketones (excluding diaryl/α,β-unsaturated/α-hetero) is 1. The van der Waals surface area contributed by atoms with Gasteiger partial charge in [0.15, 0.2) is 12.0 Å². The summed E-state index contributed by atoms with van der Waals surface area (Å²) in [4.78, 5) is 12.7. The van der Waals surface area contributed by atoms with Crippen LogP contribution in [0.15, 0.2) is 48.3 Å². The molecule has 0 radical (unpaired) electrons. The van der Waals surface area contributed by atoms with Crippen LogP contribution < -0.4 is 5.32 Å². The molecule has 0 bridgehead atoms. The topological polar surface area (TPSA) is 38.3 Å². The highest BCUT2D eigenvalue weighted by Crippen LogP contribution is 2.40. The molecule has 8 heteroatoms. The van der Waals surface area contributed by atoms with Crippen molar-refractivity contribution >= 4 is 11.4 Å². The van der Waals surface area contributed by atoms with E-state index in [1.807, 2.05) is 0 Å². The molecular formula is C18H12F5NO2. The van der Waals surface area contributed by atoms with E-state index in [9.17, 15) is 26.7 Å². The second kappa shape index (κ2) is 6.44. The second-order valence-electron chi connectivity index (χ2n) is 5.53. The number of carbonyl (C=O) groups is 1. The highest BCUT2D eigenvalue weighted by molar-refractivity contribution is 6.25. The third kappa shape index (κ3) is 3.02. The summed E-state index contributed by atoms with van der Waals surface area (Å²) in [7, 11) is 1.39. The van der Waals surface area contributed by atoms with Crippen molar-refractivity contribution < 1.29 is 31.5 Å². The molecule has 1 N–H and O–H groups in total. The molecule has 0 saturated carbocycles. The maximum Gasteiger partial charge on any atom is 0.416 e. The van der Waals surface area contributed by atoms with E-state index in [1.165, 1.54) is 13.1 Å². The van der Waals surface area contributed by atoms with Gasteiger partial charge in [-0.1, -0.05) is 18.2 Å². The van der Waals surface area contributed by atoms with Gasteiger partial charge in [-0.25, -0.2) is 8.78 Å². The van der Waals surface area contributed by atoms with E-state index < -0.39 is 40.8 Å². The number of alkyl halides is 3. The van der Waals surface area contributed by atoms with Gasteiger partial charge in [-0.2, -0.15) is 13.2 Å². The molecule has 0 aliphatic carbocycles. The average molecular weight is 369 g/mol. The minimum absolute atomic E-state index is 0.0616. The van der Waals surface area contributed by atoms with Gasteiger partial charge in [-0.15, -0.1) is 0 Å². The molecule has 136 valence electrons. The summed E-state index contributed by atoms with van der Waals surface area (Å²) in [5.74, 6) is -2.95. The van der Waals surface area contributed by atoms with E-state index in [4.69, 9.17) is 4.74 Å². The standard InChI is InChI=1S/C18H12F5NO2/c1-24-17-13(9-4-2-5-10(8-9)18(21,22)23)15(25)16(26-17)14-11(19)6-3-7-12(14)20/h2-8,16,24H,1H3. The summed E-state index contributed by atoms with van der Waals surface area (Å²) in [6, 6.07) is 7.15. The summed E-state index contributed by atoms with van der Waals surface area (Å²) in [5, 5.41) is 2.55. The van der Waals surface area contributed by atoms with Crippen LogP contribution in [0.4, 0.5) is 22.0 Å². The number of ketones is 1. The van der Waals surface area contributed by atoms with E-state index in [1.54, 1.807) is 0 Å². The first-order valence-electron chi connectivity index (χ1n) is 7.48. The molecule has 1 aliphatic heterocycles. The highest BCUT2D eigenvalue weighted by atomic mass is 19.4. The maximum atomic E-state index is 14.0. The predicted molar refractivity (Wildman–Crippen MR) is 82.6 cm³/mol. The van der Waals surface area contributed by atoms with Gasteiger partial charge in [0.2, 0.25) is 5.78 Å².